The van der Waals surface area contributed by atoms with E-state index in [0.29, 0.717) is 58.3 Å². The minimum Gasteiger partial charge on any atom is -0.493 e. The molecule has 0 saturated heterocycles. The minimum absolute atomic E-state index is 0.186. The maximum absolute atomic E-state index is 16.8. The molecular formula is C48H38FN5O5S2. The molecule has 10 nitrogen and oxygen atoms in total. The molecule has 8 rings (SSSR count). The Balaban J connectivity index is 0.953. The lowest BCUT2D eigenvalue weighted by Gasteiger charge is -2.13. The van der Waals surface area contributed by atoms with Crippen LogP contribution in [0.25, 0.3) is 54.3 Å². The van der Waals surface area contributed by atoms with Crippen molar-refractivity contribution in [3.05, 3.63) is 132 Å². The summed E-state index contributed by atoms with van der Waals surface area (Å²) < 4.78 is 42.7. The van der Waals surface area contributed by atoms with Crippen LogP contribution < -0.4 is 14.9 Å². The number of nitrogens with zero attached hydrogens (tertiary/aromatic N) is 4. The first-order chi connectivity index (χ1) is 29.8. The van der Waals surface area contributed by atoms with Crippen LogP contribution in [0.15, 0.2) is 114 Å². The molecule has 0 saturated carbocycles. The van der Waals surface area contributed by atoms with E-state index in [1.165, 1.54) is 23.1 Å². The van der Waals surface area contributed by atoms with E-state index in [-0.39, 0.29) is 19.0 Å². The third-order valence-electron chi connectivity index (χ3n) is 9.93. The van der Waals surface area contributed by atoms with E-state index in [4.69, 9.17) is 25.6 Å². The van der Waals surface area contributed by atoms with Gasteiger partial charge in [0, 0.05) is 29.9 Å². The lowest BCUT2D eigenvalue weighted by molar-refractivity contribution is -0.137. The summed E-state index contributed by atoms with van der Waals surface area (Å²) in [6.45, 7) is 2.70. The molecule has 0 atom stereocenters. The number of hydrazone groups is 1. The number of thiazole rings is 1. The second-order valence-electron chi connectivity index (χ2n) is 14.1. The zero-order valence-electron chi connectivity index (χ0n) is 33.0. The summed E-state index contributed by atoms with van der Waals surface area (Å²) in [5.74, 6) is 1.53. The van der Waals surface area contributed by atoms with Crippen molar-refractivity contribution < 1.29 is 28.2 Å². The highest BCUT2D eigenvalue weighted by atomic mass is 32.1. The standard InChI is InChI=1S/C48H38FN5O5S2/c1-3-6-30-7-12-32(13-8-30)38-20-21-39(45(49)40(38)29-50-52-48-51-47-42(60-48)23-22-41-46(47)54-61-53-41)35-15-14-34-28-37(19-16-33(34)27-35)59-44(56)24-11-31-9-17-36(18-10-31)57-25-5-26-58-43(55)4-2/h2,7-10,12-23,27-29H,3,5-6,11,24-26H2,1H3,(H,51,52)/b50-29+. The zero-order valence-corrected chi connectivity index (χ0v) is 34.7. The molecule has 8 aromatic rings. The monoisotopic (exact) mass is 847 g/mol. The van der Waals surface area contributed by atoms with E-state index in [0.717, 1.165) is 67.7 Å². The second kappa shape index (κ2) is 18.9. The van der Waals surface area contributed by atoms with Crippen molar-refractivity contribution in [2.24, 2.45) is 5.10 Å². The van der Waals surface area contributed by atoms with Crippen LogP contribution in [0.4, 0.5) is 9.52 Å². The number of terminal acetylenes is 1. The van der Waals surface area contributed by atoms with Gasteiger partial charge in [0.1, 0.15) is 33.9 Å². The summed E-state index contributed by atoms with van der Waals surface area (Å²) in [5, 5.41) is 6.74. The number of anilines is 1. The number of rotatable bonds is 16. The fraction of sp³-hybridized carbons (Fsp3) is 0.167. The summed E-state index contributed by atoms with van der Waals surface area (Å²) >= 11 is 2.58. The molecular weight excluding hydrogens is 810 g/mol. The van der Waals surface area contributed by atoms with Crippen LogP contribution in [0.1, 0.15) is 42.9 Å². The van der Waals surface area contributed by atoms with E-state index < -0.39 is 11.8 Å². The van der Waals surface area contributed by atoms with Gasteiger partial charge in [-0.15, -0.1) is 6.42 Å². The maximum Gasteiger partial charge on any atom is 0.384 e. The number of fused-ring (bicyclic) bond motifs is 4. The third kappa shape index (κ3) is 9.73. The molecule has 2 heterocycles. The Morgan fingerprint density at radius 3 is 2.38 bits per heavy atom. The Hall–Kier alpha value is -7.01. The van der Waals surface area contributed by atoms with Crippen LogP contribution in [0.5, 0.6) is 11.5 Å². The fourth-order valence-corrected chi connectivity index (χ4v) is 8.22. The summed E-state index contributed by atoms with van der Waals surface area (Å²) in [6, 6.07) is 34.4. The molecule has 0 aliphatic heterocycles. The number of nitrogens with one attached hydrogen (secondary N) is 1. The average molecular weight is 848 g/mol. The van der Waals surface area contributed by atoms with Crippen molar-refractivity contribution in [3.8, 4) is 46.1 Å². The first-order valence-corrected chi connectivity index (χ1v) is 21.2. The summed E-state index contributed by atoms with van der Waals surface area (Å²) in [4.78, 5) is 28.5. The Morgan fingerprint density at radius 2 is 1.56 bits per heavy atom. The molecule has 0 aliphatic carbocycles. The Morgan fingerprint density at radius 1 is 0.820 bits per heavy atom. The summed E-state index contributed by atoms with van der Waals surface area (Å²) in [5.41, 5.74) is 10.5. The van der Waals surface area contributed by atoms with Crippen LogP contribution in [0, 0.1) is 18.2 Å². The lowest BCUT2D eigenvalue weighted by atomic mass is 9.93. The molecule has 0 fully saturated rings. The van der Waals surface area contributed by atoms with Gasteiger partial charge in [0.05, 0.1) is 35.9 Å². The normalized spacial score (nSPS) is 11.3. The van der Waals surface area contributed by atoms with Gasteiger partial charge in [-0.3, -0.25) is 10.2 Å². The second-order valence-corrected chi connectivity index (χ2v) is 15.7. The molecule has 0 spiro atoms. The summed E-state index contributed by atoms with van der Waals surface area (Å²) in [7, 11) is 0. The molecule has 0 unspecified atom stereocenters. The Bertz CT molecular complexity index is 2940. The number of hydrogen-bond acceptors (Lipinski definition) is 12. The number of aryl methyl sites for hydroxylation is 2. The Labute approximate surface area is 359 Å². The molecule has 6 aromatic carbocycles. The van der Waals surface area contributed by atoms with Gasteiger partial charge in [-0.1, -0.05) is 91.4 Å². The first-order valence-electron chi connectivity index (χ1n) is 19.7. The van der Waals surface area contributed by atoms with Crippen LogP contribution in [-0.2, 0) is 27.2 Å². The minimum atomic E-state index is -0.692. The highest BCUT2D eigenvalue weighted by Gasteiger charge is 2.17. The van der Waals surface area contributed by atoms with E-state index in [1.54, 1.807) is 18.2 Å². The SMILES string of the molecule is C#CC(=O)OCCCOc1ccc(CCC(=O)Oc2ccc3cc(-c4ccc(-c5ccc(CCC)cc5)c(/C=N/Nc5nc6c(ccc7nsnc76)s5)c4F)ccc3c2)cc1. The van der Waals surface area contributed by atoms with Crippen LogP contribution >= 0.6 is 23.1 Å². The predicted molar refractivity (Wildman–Crippen MR) is 241 cm³/mol. The van der Waals surface area contributed by atoms with Crippen molar-refractivity contribution >= 4 is 78.4 Å². The maximum atomic E-state index is 16.8. The van der Waals surface area contributed by atoms with Crippen LogP contribution in [-0.4, -0.2) is 45.1 Å². The van der Waals surface area contributed by atoms with Gasteiger partial charge in [0.2, 0.25) is 5.13 Å². The van der Waals surface area contributed by atoms with E-state index in [9.17, 15) is 9.59 Å². The topological polar surface area (TPSA) is 125 Å². The van der Waals surface area contributed by atoms with Crippen molar-refractivity contribution in [3.63, 3.8) is 0 Å². The number of hydrogen-bond donors (Lipinski definition) is 1. The van der Waals surface area contributed by atoms with Gasteiger partial charge >= 0.3 is 11.9 Å². The number of ether oxygens (including phenoxy) is 3. The van der Waals surface area contributed by atoms with Gasteiger partial charge in [-0.25, -0.2) is 14.2 Å². The fourth-order valence-electron chi connectivity index (χ4n) is 6.86. The van der Waals surface area contributed by atoms with E-state index in [2.05, 4.69) is 38.3 Å². The smallest absolute Gasteiger partial charge is 0.384 e. The van der Waals surface area contributed by atoms with Crippen LogP contribution in [0.3, 0.4) is 0 Å². The molecule has 61 heavy (non-hydrogen) atoms. The number of benzene rings is 6. The molecule has 13 heteroatoms. The van der Waals surface area contributed by atoms with Crippen molar-refractivity contribution in [2.75, 3.05) is 18.6 Å². The number of aromatic nitrogens is 3. The molecule has 0 radical (unpaired) electrons. The average Bonchev–Trinajstić information content (AvgIpc) is 3.94. The first kappa shape index (κ1) is 40.8. The molecule has 0 aliphatic rings. The Kier molecular flexibility index (Phi) is 12.6. The number of carbonyl (C=O) groups is 2. The van der Waals surface area contributed by atoms with Crippen molar-refractivity contribution in [1.29, 1.82) is 0 Å². The highest BCUT2D eigenvalue weighted by Crippen LogP contribution is 2.35. The van der Waals surface area contributed by atoms with E-state index in [1.807, 2.05) is 84.8 Å². The van der Waals surface area contributed by atoms with Gasteiger partial charge in [0.15, 0.2) is 0 Å². The number of carbonyl (C=O) groups excluding carboxylic acids is 2. The van der Waals surface area contributed by atoms with Gasteiger partial charge < -0.3 is 14.2 Å². The molecule has 304 valence electrons. The lowest BCUT2D eigenvalue weighted by Crippen LogP contribution is -2.09. The highest BCUT2D eigenvalue weighted by molar-refractivity contribution is 7.22. The largest absolute Gasteiger partial charge is 0.493 e. The van der Waals surface area contributed by atoms with Gasteiger partial charge in [0.25, 0.3) is 0 Å². The quantitative estimate of drug-likeness (QED) is 0.0192. The summed E-state index contributed by atoms with van der Waals surface area (Å²) in [6.07, 6.45) is 9.68. The van der Waals surface area contributed by atoms with E-state index >= 15 is 4.39 Å². The van der Waals surface area contributed by atoms with Gasteiger partial charge in [-0.05, 0) is 93.9 Å². The number of halogens is 1. The predicted octanol–water partition coefficient (Wildman–Crippen LogP) is 10.8. The van der Waals surface area contributed by atoms with Crippen molar-refractivity contribution in [2.45, 2.75) is 39.0 Å². The molecule has 0 amide bonds. The third-order valence-corrected chi connectivity index (χ3v) is 11.4. The van der Waals surface area contributed by atoms with Gasteiger partial charge in [-0.2, -0.15) is 13.8 Å². The molecule has 1 N–H and O–H groups in total. The number of esters is 2. The van der Waals surface area contributed by atoms with Crippen molar-refractivity contribution in [1.82, 2.24) is 13.7 Å². The molecule has 0 bridgehead atoms. The zero-order chi connectivity index (χ0) is 42.1. The van der Waals surface area contributed by atoms with Crippen LogP contribution in [0.2, 0.25) is 0 Å². The molecule has 2 aromatic heterocycles.